The van der Waals surface area contributed by atoms with E-state index in [-0.39, 0.29) is 30.6 Å². The molecule has 3 rings (SSSR count). The van der Waals surface area contributed by atoms with Crippen LogP contribution < -0.4 is 11.5 Å². The number of nitrogen functional groups attached to an aromatic ring is 1. The molecule has 0 radical (unpaired) electrons. The van der Waals surface area contributed by atoms with Crippen LogP contribution >= 0.6 is 0 Å². The fraction of sp³-hybridized carbons (Fsp3) is 0.375. The molecule has 2 aromatic carbocycles. The summed E-state index contributed by atoms with van der Waals surface area (Å²) in [6, 6.07) is 12.5. The lowest BCUT2D eigenvalue weighted by Crippen LogP contribution is -2.53. The number of phenols is 1. The molecule has 8 nitrogen and oxygen atoms in total. The molecule has 0 unspecified atom stereocenters. The number of nitrogens with two attached hydrogens (primary N) is 2. The zero-order chi connectivity index (χ0) is 23.1. The van der Waals surface area contributed by atoms with Crippen LogP contribution in [0.25, 0.3) is 0 Å². The summed E-state index contributed by atoms with van der Waals surface area (Å²) in [5, 5.41) is 17.3. The number of nitrogens with zero attached hydrogens (tertiary/aromatic N) is 2. The maximum atomic E-state index is 13.6. The van der Waals surface area contributed by atoms with Gasteiger partial charge >= 0.3 is 6.03 Å². The summed E-state index contributed by atoms with van der Waals surface area (Å²) < 4.78 is 0. The number of rotatable bonds is 7. The van der Waals surface area contributed by atoms with Crippen molar-refractivity contribution >= 4 is 17.8 Å². The first-order valence-electron chi connectivity index (χ1n) is 10.9. The Hall–Kier alpha value is -3.55. The van der Waals surface area contributed by atoms with E-state index < -0.39 is 11.9 Å². The van der Waals surface area contributed by atoms with Crippen LogP contribution in [0.5, 0.6) is 5.75 Å². The minimum Gasteiger partial charge on any atom is -0.508 e. The van der Waals surface area contributed by atoms with Gasteiger partial charge in [-0.15, -0.1) is 0 Å². The van der Waals surface area contributed by atoms with Gasteiger partial charge in [0.1, 0.15) is 17.6 Å². The maximum absolute atomic E-state index is 13.6. The second kappa shape index (κ2) is 10.7. The molecule has 1 atom stereocenters. The molecule has 2 aromatic rings. The Labute approximate surface area is 188 Å². The largest absolute Gasteiger partial charge is 0.508 e. The highest BCUT2D eigenvalue weighted by atomic mass is 16.3. The van der Waals surface area contributed by atoms with Gasteiger partial charge in [0.15, 0.2) is 0 Å². The molecule has 0 spiro atoms. The van der Waals surface area contributed by atoms with Gasteiger partial charge in [-0.2, -0.15) is 0 Å². The van der Waals surface area contributed by atoms with E-state index in [1.54, 1.807) is 47.4 Å². The quantitative estimate of drug-likeness (QED) is 0.391. The Morgan fingerprint density at radius 3 is 2.25 bits per heavy atom. The summed E-state index contributed by atoms with van der Waals surface area (Å²) in [5.41, 5.74) is 13.5. The number of phenolic OH excluding ortho intramolecular Hbond substituents is 1. The summed E-state index contributed by atoms with van der Waals surface area (Å²) in [5.74, 6) is -0.532. The third-order valence-corrected chi connectivity index (χ3v) is 5.78. The minimum absolute atomic E-state index is 0.0657. The molecule has 1 aliphatic rings. The smallest absolute Gasteiger partial charge is 0.321 e. The van der Waals surface area contributed by atoms with Crippen LogP contribution in [0.1, 0.15) is 42.4 Å². The van der Waals surface area contributed by atoms with E-state index in [0.29, 0.717) is 18.7 Å². The Kier molecular flexibility index (Phi) is 7.70. The lowest BCUT2D eigenvalue weighted by molar-refractivity contribution is -0.122. The van der Waals surface area contributed by atoms with Crippen LogP contribution in [0.4, 0.5) is 4.79 Å². The summed E-state index contributed by atoms with van der Waals surface area (Å²) >= 11 is 0. The molecule has 0 saturated carbocycles. The van der Waals surface area contributed by atoms with Crippen molar-refractivity contribution in [3.63, 3.8) is 0 Å². The van der Waals surface area contributed by atoms with Gasteiger partial charge in [0.05, 0.1) is 0 Å². The van der Waals surface area contributed by atoms with E-state index in [1.165, 1.54) is 4.90 Å². The van der Waals surface area contributed by atoms with Gasteiger partial charge in [0.25, 0.3) is 0 Å². The number of hydrogen-bond donors (Lipinski definition) is 4. The van der Waals surface area contributed by atoms with Crippen molar-refractivity contribution in [1.29, 1.82) is 5.41 Å². The van der Waals surface area contributed by atoms with Crippen molar-refractivity contribution < 1.29 is 14.7 Å². The van der Waals surface area contributed by atoms with Crippen molar-refractivity contribution in [2.24, 2.45) is 11.5 Å². The molecule has 8 heteroatoms. The highest BCUT2D eigenvalue weighted by molar-refractivity contribution is 5.95. The van der Waals surface area contributed by atoms with Gasteiger partial charge < -0.3 is 26.4 Å². The van der Waals surface area contributed by atoms with Crippen LogP contribution in [0.3, 0.4) is 0 Å². The first-order chi connectivity index (χ1) is 15.3. The minimum atomic E-state index is -0.873. The zero-order valence-electron chi connectivity index (χ0n) is 18.2. The van der Waals surface area contributed by atoms with E-state index in [2.05, 4.69) is 0 Å². The SMILES string of the molecule is N=C(N)c1cccc(C[C@H](C(N)=O)N(Cc2ccc(O)cc2)C(=O)N2CCCCCC2)c1. The number of benzene rings is 2. The zero-order valence-corrected chi connectivity index (χ0v) is 18.2. The van der Waals surface area contributed by atoms with Crippen LogP contribution in [0.2, 0.25) is 0 Å². The second-order valence-electron chi connectivity index (χ2n) is 8.21. The average Bonchev–Trinajstić information content (AvgIpc) is 3.06. The summed E-state index contributed by atoms with van der Waals surface area (Å²) in [4.78, 5) is 29.5. The van der Waals surface area contributed by atoms with Crippen molar-refractivity contribution in [3.05, 3.63) is 65.2 Å². The predicted octanol–water partition coefficient (Wildman–Crippen LogP) is 2.57. The fourth-order valence-corrected chi connectivity index (χ4v) is 4.01. The average molecular weight is 438 g/mol. The second-order valence-corrected chi connectivity index (χ2v) is 8.21. The molecule has 1 aliphatic heterocycles. The van der Waals surface area contributed by atoms with Crippen molar-refractivity contribution in [2.75, 3.05) is 13.1 Å². The number of nitrogens with one attached hydrogen (secondary N) is 1. The molecule has 0 bridgehead atoms. The van der Waals surface area contributed by atoms with E-state index >= 15 is 0 Å². The molecule has 32 heavy (non-hydrogen) atoms. The Morgan fingerprint density at radius 2 is 1.66 bits per heavy atom. The number of carbonyl (C=O) groups excluding carboxylic acids is 2. The number of primary amides is 1. The Balaban J connectivity index is 1.92. The topological polar surface area (TPSA) is 137 Å². The molecule has 1 heterocycles. The number of hydrogen-bond acceptors (Lipinski definition) is 4. The Bertz CT molecular complexity index is 952. The van der Waals surface area contributed by atoms with Gasteiger partial charge in [-0.25, -0.2) is 4.79 Å². The van der Waals surface area contributed by atoms with E-state index in [0.717, 1.165) is 36.8 Å². The molecule has 0 aliphatic carbocycles. The van der Waals surface area contributed by atoms with Crippen molar-refractivity contribution in [1.82, 2.24) is 9.80 Å². The number of amidine groups is 1. The van der Waals surface area contributed by atoms with Crippen LogP contribution in [0, 0.1) is 5.41 Å². The first kappa shape index (κ1) is 23.1. The summed E-state index contributed by atoms with van der Waals surface area (Å²) in [7, 11) is 0. The lowest BCUT2D eigenvalue weighted by atomic mass is 10.0. The molecule has 170 valence electrons. The van der Waals surface area contributed by atoms with Crippen LogP contribution in [-0.4, -0.2) is 51.8 Å². The van der Waals surface area contributed by atoms with Crippen LogP contribution in [0.15, 0.2) is 48.5 Å². The fourth-order valence-electron chi connectivity index (χ4n) is 4.01. The molecular formula is C24H31N5O3. The normalized spacial score (nSPS) is 14.9. The summed E-state index contributed by atoms with van der Waals surface area (Å²) in [6.07, 6.45) is 4.24. The maximum Gasteiger partial charge on any atom is 0.321 e. The van der Waals surface area contributed by atoms with Gasteiger partial charge in [-0.1, -0.05) is 43.2 Å². The number of aromatic hydroxyl groups is 1. The highest BCUT2D eigenvalue weighted by Crippen LogP contribution is 2.20. The van der Waals surface area contributed by atoms with Gasteiger partial charge in [-0.3, -0.25) is 10.2 Å². The molecule has 3 amide bonds. The van der Waals surface area contributed by atoms with Gasteiger partial charge in [0, 0.05) is 31.6 Å². The molecular weight excluding hydrogens is 406 g/mol. The number of likely N-dealkylation sites (tertiary alicyclic amines) is 1. The van der Waals surface area contributed by atoms with Crippen molar-refractivity contribution in [2.45, 2.75) is 44.7 Å². The number of urea groups is 1. The lowest BCUT2D eigenvalue weighted by Gasteiger charge is -2.34. The van der Waals surface area contributed by atoms with Gasteiger partial charge in [0.2, 0.25) is 5.91 Å². The standard InChI is InChI=1S/C24H31N5O3/c25-22(26)19-7-5-6-18(14-19)15-21(23(27)31)29(16-17-8-10-20(30)11-9-17)24(32)28-12-3-1-2-4-13-28/h5-11,14,21,30H,1-4,12-13,15-16H2,(H3,25,26)(H2,27,31)/t21-/m1/s1. The molecule has 6 N–H and O–H groups in total. The Morgan fingerprint density at radius 1 is 1.00 bits per heavy atom. The van der Waals surface area contributed by atoms with E-state index in [9.17, 15) is 14.7 Å². The molecule has 1 fully saturated rings. The number of carbonyl (C=O) groups is 2. The molecule has 0 aromatic heterocycles. The molecule has 1 saturated heterocycles. The van der Waals surface area contributed by atoms with Crippen molar-refractivity contribution in [3.8, 4) is 5.75 Å². The predicted molar refractivity (Wildman–Crippen MR) is 123 cm³/mol. The summed E-state index contributed by atoms with van der Waals surface area (Å²) in [6.45, 7) is 1.49. The first-order valence-corrected chi connectivity index (χ1v) is 10.9. The third-order valence-electron chi connectivity index (χ3n) is 5.78. The monoisotopic (exact) mass is 437 g/mol. The van der Waals surface area contributed by atoms with E-state index in [1.807, 2.05) is 6.07 Å². The number of amides is 3. The van der Waals surface area contributed by atoms with E-state index in [4.69, 9.17) is 16.9 Å². The van der Waals surface area contributed by atoms with Crippen LogP contribution in [-0.2, 0) is 17.8 Å². The third kappa shape index (κ3) is 6.00. The highest BCUT2D eigenvalue weighted by Gasteiger charge is 2.32. The van der Waals surface area contributed by atoms with Gasteiger partial charge in [-0.05, 0) is 42.2 Å².